The van der Waals surface area contributed by atoms with Gasteiger partial charge < -0.3 is 14.2 Å². The SMILES string of the molecule is CCCCCCCCCCCCCCCCCC(=O)OC[C@H](COC(=O)CCCCCCCCCCCCCCCCC(C)C)OC(=O)CCCCCCCCCCC(C)CC. The van der Waals surface area contributed by atoms with Crippen molar-refractivity contribution in [2.75, 3.05) is 13.2 Å². The summed E-state index contributed by atoms with van der Waals surface area (Å²) in [5.74, 6) is 0.845. The van der Waals surface area contributed by atoms with E-state index in [1.807, 2.05) is 0 Å². The quantitative estimate of drug-likeness (QED) is 0.0344. The smallest absolute Gasteiger partial charge is 0.306 e. The van der Waals surface area contributed by atoms with E-state index < -0.39 is 6.10 Å². The first-order valence-electron chi connectivity index (χ1n) is 27.8. The molecule has 2 atom stereocenters. The minimum atomic E-state index is -0.762. The topological polar surface area (TPSA) is 78.9 Å². The van der Waals surface area contributed by atoms with Crippen molar-refractivity contribution in [3.8, 4) is 0 Å². The summed E-state index contributed by atoms with van der Waals surface area (Å²) in [5.41, 5.74) is 0. The molecule has 6 nitrogen and oxygen atoms in total. The first kappa shape index (κ1) is 60.4. The van der Waals surface area contributed by atoms with E-state index in [1.165, 1.54) is 199 Å². The third kappa shape index (κ3) is 47.9. The maximum absolute atomic E-state index is 12.8. The van der Waals surface area contributed by atoms with Crippen LogP contribution < -0.4 is 0 Å². The van der Waals surface area contributed by atoms with E-state index in [0.717, 1.165) is 69.6 Å². The molecule has 0 radical (unpaired) electrons. The van der Waals surface area contributed by atoms with Crippen molar-refractivity contribution >= 4 is 17.9 Å². The van der Waals surface area contributed by atoms with Crippen LogP contribution in [0.4, 0.5) is 0 Å². The van der Waals surface area contributed by atoms with Crippen LogP contribution in [0.15, 0.2) is 0 Å². The zero-order chi connectivity index (χ0) is 45.4. The molecule has 0 aromatic heterocycles. The summed E-state index contributed by atoms with van der Waals surface area (Å²) in [4.78, 5) is 38.0. The van der Waals surface area contributed by atoms with Crippen molar-refractivity contribution in [1.29, 1.82) is 0 Å². The highest BCUT2D eigenvalue weighted by Gasteiger charge is 2.19. The largest absolute Gasteiger partial charge is 0.462 e. The van der Waals surface area contributed by atoms with Gasteiger partial charge in [-0.25, -0.2) is 0 Å². The molecule has 0 bridgehead atoms. The van der Waals surface area contributed by atoms with Gasteiger partial charge in [-0.3, -0.25) is 14.4 Å². The highest BCUT2D eigenvalue weighted by Crippen LogP contribution is 2.18. The van der Waals surface area contributed by atoms with Gasteiger partial charge in [0.2, 0.25) is 0 Å². The number of unbranched alkanes of at least 4 members (excludes halogenated alkanes) is 34. The molecule has 0 heterocycles. The van der Waals surface area contributed by atoms with Gasteiger partial charge in [-0.1, -0.05) is 272 Å². The molecule has 0 N–H and O–H groups in total. The Kier molecular flexibility index (Phi) is 47.6. The minimum absolute atomic E-state index is 0.0634. The van der Waals surface area contributed by atoms with Crippen molar-refractivity contribution in [3.05, 3.63) is 0 Å². The molecular weight excluding hydrogens is 769 g/mol. The lowest BCUT2D eigenvalue weighted by molar-refractivity contribution is -0.167. The fraction of sp³-hybridized carbons (Fsp3) is 0.946. The molecule has 62 heavy (non-hydrogen) atoms. The van der Waals surface area contributed by atoms with Crippen LogP contribution >= 0.6 is 0 Å². The normalized spacial score (nSPS) is 12.5. The lowest BCUT2D eigenvalue weighted by atomic mass is 9.99. The zero-order valence-electron chi connectivity index (χ0n) is 42.5. The van der Waals surface area contributed by atoms with Gasteiger partial charge in [0.25, 0.3) is 0 Å². The predicted molar refractivity (Wildman–Crippen MR) is 266 cm³/mol. The number of hydrogen-bond donors (Lipinski definition) is 0. The Morgan fingerprint density at radius 3 is 0.919 bits per heavy atom. The summed E-state index contributed by atoms with van der Waals surface area (Å²) in [6.07, 6.45) is 50.8. The second kappa shape index (κ2) is 48.9. The third-order valence-electron chi connectivity index (χ3n) is 13.1. The van der Waals surface area contributed by atoms with Crippen molar-refractivity contribution in [2.45, 2.75) is 317 Å². The van der Waals surface area contributed by atoms with E-state index in [9.17, 15) is 14.4 Å². The van der Waals surface area contributed by atoms with Crippen molar-refractivity contribution in [2.24, 2.45) is 11.8 Å². The Morgan fingerprint density at radius 1 is 0.339 bits per heavy atom. The third-order valence-corrected chi connectivity index (χ3v) is 13.1. The van der Waals surface area contributed by atoms with E-state index >= 15 is 0 Å². The van der Waals surface area contributed by atoms with Gasteiger partial charge in [0.1, 0.15) is 13.2 Å². The van der Waals surface area contributed by atoms with Crippen LogP contribution in [0.2, 0.25) is 0 Å². The van der Waals surface area contributed by atoms with Crippen LogP contribution in [0.1, 0.15) is 311 Å². The van der Waals surface area contributed by atoms with Gasteiger partial charge in [-0.15, -0.1) is 0 Å². The Labute approximate surface area is 387 Å². The molecule has 0 aromatic rings. The molecule has 0 fully saturated rings. The molecule has 1 unspecified atom stereocenters. The molecule has 0 saturated heterocycles. The molecule has 0 amide bonds. The van der Waals surface area contributed by atoms with Gasteiger partial charge in [-0.05, 0) is 31.1 Å². The second-order valence-corrected chi connectivity index (χ2v) is 19.9. The Hall–Kier alpha value is -1.59. The van der Waals surface area contributed by atoms with Crippen LogP contribution in [-0.2, 0) is 28.6 Å². The summed E-state index contributed by atoms with van der Waals surface area (Å²) in [6.45, 7) is 11.4. The summed E-state index contributed by atoms with van der Waals surface area (Å²) in [6, 6.07) is 0. The molecule has 0 saturated carbocycles. The monoisotopic (exact) mass is 877 g/mol. The standard InChI is InChI=1S/C56H108O6/c1-6-8-9-10-11-12-13-14-15-19-22-25-31-36-41-46-54(57)60-49-53(62-56(59)48-43-38-33-28-27-30-35-40-45-52(5)7-2)50-61-55(58)47-42-37-32-26-23-20-17-16-18-21-24-29-34-39-44-51(3)4/h51-53H,6-50H2,1-5H3/t52?,53-/m1/s1. The van der Waals surface area contributed by atoms with E-state index in [1.54, 1.807) is 0 Å². The van der Waals surface area contributed by atoms with Crippen LogP contribution in [-0.4, -0.2) is 37.2 Å². The average molecular weight is 877 g/mol. The summed E-state index contributed by atoms with van der Waals surface area (Å²) in [5, 5.41) is 0. The summed E-state index contributed by atoms with van der Waals surface area (Å²) >= 11 is 0. The minimum Gasteiger partial charge on any atom is -0.462 e. The Morgan fingerprint density at radius 2 is 0.613 bits per heavy atom. The molecule has 368 valence electrons. The lowest BCUT2D eigenvalue weighted by Crippen LogP contribution is -2.30. The lowest BCUT2D eigenvalue weighted by Gasteiger charge is -2.18. The first-order chi connectivity index (χ1) is 30.3. The number of hydrogen-bond acceptors (Lipinski definition) is 6. The van der Waals surface area contributed by atoms with E-state index in [2.05, 4.69) is 34.6 Å². The fourth-order valence-electron chi connectivity index (χ4n) is 8.49. The fourth-order valence-corrected chi connectivity index (χ4v) is 8.49. The van der Waals surface area contributed by atoms with Crippen LogP contribution in [0.25, 0.3) is 0 Å². The molecule has 0 aromatic carbocycles. The van der Waals surface area contributed by atoms with Crippen LogP contribution in [0.3, 0.4) is 0 Å². The van der Waals surface area contributed by atoms with E-state index in [0.29, 0.717) is 19.3 Å². The number of rotatable bonds is 50. The summed E-state index contributed by atoms with van der Waals surface area (Å²) < 4.78 is 16.9. The molecular formula is C56H108O6. The Bertz CT molecular complexity index is 949. The van der Waals surface area contributed by atoms with Gasteiger partial charge >= 0.3 is 17.9 Å². The van der Waals surface area contributed by atoms with E-state index in [-0.39, 0.29) is 31.1 Å². The molecule has 0 aliphatic rings. The van der Waals surface area contributed by atoms with Gasteiger partial charge in [-0.2, -0.15) is 0 Å². The molecule has 6 heteroatoms. The molecule has 0 rings (SSSR count). The average Bonchev–Trinajstić information content (AvgIpc) is 3.26. The first-order valence-corrected chi connectivity index (χ1v) is 27.8. The van der Waals surface area contributed by atoms with Gasteiger partial charge in [0.05, 0.1) is 0 Å². The number of carbonyl (C=O) groups is 3. The van der Waals surface area contributed by atoms with Crippen molar-refractivity contribution < 1.29 is 28.6 Å². The second-order valence-electron chi connectivity index (χ2n) is 19.9. The predicted octanol–water partition coefficient (Wildman–Crippen LogP) is 18.1. The van der Waals surface area contributed by atoms with Crippen molar-refractivity contribution in [3.63, 3.8) is 0 Å². The maximum Gasteiger partial charge on any atom is 0.306 e. The number of ether oxygens (including phenoxy) is 3. The van der Waals surface area contributed by atoms with Crippen LogP contribution in [0, 0.1) is 11.8 Å². The number of esters is 3. The van der Waals surface area contributed by atoms with Crippen molar-refractivity contribution in [1.82, 2.24) is 0 Å². The highest BCUT2D eigenvalue weighted by atomic mass is 16.6. The Balaban J connectivity index is 4.29. The van der Waals surface area contributed by atoms with E-state index in [4.69, 9.17) is 14.2 Å². The van der Waals surface area contributed by atoms with Gasteiger partial charge in [0.15, 0.2) is 6.10 Å². The molecule has 0 aliphatic heterocycles. The summed E-state index contributed by atoms with van der Waals surface area (Å²) in [7, 11) is 0. The molecule has 0 aliphatic carbocycles. The molecule has 0 spiro atoms. The maximum atomic E-state index is 12.8. The van der Waals surface area contributed by atoms with Gasteiger partial charge in [0, 0.05) is 19.3 Å². The number of carbonyl (C=O) groups excluding carboxylic acids is 3. The highest BCUT2D eigenvalue weighted by molar-refractivity contribution is 5.71. The zero-order valence-corrected chi connectivity index (χ0v) is 42.5. The van der Waals surface area contributed by atoms with Crippen LogP contribution in [0.5, 0.6) is 0 Å².